The summed E-state index contributed by atoms with van der Waals surface area (Å²) in [4.78, 5) is 32.4. The van der Waals surface area contributed by atoms with Gasteiger partial charge in [-0.1, -0.05) is 6.07 Å². The smallest absolute Gasteiger partial charge is 0.255 e. The molecule has 1 N–H and O–H groups in total. The molecule has 9 heteroatoms. The minimum atomic E-state index is -0.251. The van der Waals surface area contributed by atoms with Crippen LogP contribution < -0.4 is 10.2 Å². The first-order valence-corrected chi connectivity index (χ1v) is 9.47. The number of nitrogens with zero attached hydrogens (tertiary/aromatic N) is 5. The summed E-state index contributed by atoms with van der Waals surface area (Å²) in [6.07, 6.45) is 4.97. The van der Waals surface area contributed by atoms with E-state index in [1.807, 2.05) is 28.5 Å². The number of amides is 1. The Kier molecular flexibility index (Phi) is 5.31. The van der Waals surface area contributed by atoms with Crippen LogP contribution in [-0.2, 0) is 11.3 Å². The third kappa shape index (κ3) is 4.09. The van der Waals surface area contributed by atoms with Crippen LogP contribution in [0.5, 0.6) is 0 Å². The molecule has 3 aromatic heterocycles. The summed E-state index contributed by atoms with van der Waals surface area (Å²) in [5, 5.41) is 5.60. The van der Waals surface area contributed by atoms with Gasteiger partial charge in [-0.15, -0.1) is 11.3 Å². The number of hydrogen-bond acceptors (Lipinski definition) is 8. The number of carbonyl (C=O) groups is 1. The van der Waals surface area contributed by atoms with E-state index in [2.05, 4.69) is 25.3 Å². The highest BCUT2D eigenvalue weighted by atomic mass is 32.1. The molecule has 1 fully saturated rings. The summed E-state index contributed by atoms with van der Waals surface area (Å²) in [6.45, 7) is 3.08. The van der Waals surface area contributed by atoms with Crippen LogP contribution in [0, 0.1) is 0 Å². The number of anilines is 1. The highest BCUT2D eigenvalue weighted by Crippen LogP contribution is 2.22. The Labute approximate surface area is 160 Å². The van der Waals surface area contributed by atoms with Gasteiger partial charge in [0.1, 0.15) is 10.7 Å². The maximum Gasteiger partial charge on any atom is 0.255 e. The van der Waals surface area contributed by atoms with Crippen molar-refractivity contribution < 1.29 is 9.53 Å². The minimum absolute atomic E-state index is 0.251. The maximum atomic E-state index is 12.7. The molecule has 0 unspecified atom stereocenters. The largest absolute Gasteiger partial charge is 0.378 e. The number of nitrogens with one attached hydrogen (secondary N) is 1. The van der Waals surface area contributed by atoms with E-state index >= 15 is 0 Å². The topological polar surface area (TPSA) is 93.1 Å². The average Bonchev–Trinajstić information content (AvgIpc) is 3.26. The molecular formula is C18H18N6O2S. The summed E-state index contributed by atoms with van der Waals surface area (Å²) in [5.74, 6) is 0.329. The van der Waals surface area contributed by atoms with Gasteiger partial charge in [-0.05, 0) is 12.1 Å². The zero-order valence-electron chi connectivity index (χ0n) is 14.5. The van der Waals surface area contributed by atoms with Crippen molar-refractivity contribution in [1.29, 1.82) is 0 Å². The van der Waals surface area contributed by atoms with Crippen molar-refractivity contribution in [1.82, 2.24) is 25.3 Å². The number of pyridine rings is 1. The van der Waals surface area contributed by atoms with Crippen LogP contribution in [0.2, 0.25) is 0 Å². The van der Waals surface area contributed by atoms with E-state index in [9.17, 15) is 4.79 Å². The monoisotopic (exact) mass is 382 g/mol. The second kappa shape index (κ2) is 8.19. The second-order valence-electron chi connectivity index (χ2n) is 5.86. The zero-order valence-corrected chi connectivity index (χ0v) is 15.4. The van der Waals surface area contributed by atoms with Crippen LogP contribution in [0.25, 0.3) is 11.4 Å². The Morgan fingerprint density at radius 3 is 2.81 bits per heavy atom. The summed E-state index contributed by atoms with van der Waals surface area (Å²) in [7, 11) is 0. The van der Waals surface area contributed by atoms with Gasteiger partial charge in [-0.25, -0.2) is 15.0 Å². The van der Waals surface area contributed by atoms with Crippen LogP contribution in [0.4, 0.5) is 5.95 Å². The lowest BCUT2D eigenvalue weighted by Crippen LogP contribution is -2.37. The molecule has 1 saturated heterocycles. The van der Waals surface area contributed by atoms with Gasteiger partial charge in [0.15, 0.2) is 0 Å². The minimum Gasteiger partial charge on any atom is -0.378 e. The second-order valence-corrected chi connectivity index (χ2v) is 6.83. The Hall–Kier alpha value is -2.91. The normalized spacial score (nSPS) is 14.1. The lowest BCUT2D eigenvalue weighted by atomic mass is 10.1. The van der Waals surface area contributed by atoms with Gasteiger partial charge < -0.3 is 15.0 Å². The number of rotatable bonds is 5. The Morgan fingerprint density at radius 2 is 2.07 bits per heavy atom. The Bertz CT molecular complexity index is 897. The first-order chi connectivity index (χ1) is 13.3. The van der Waals surface area contributed by atoms with Gasteiger partial charge in [-0.3, -0.25) is 9.78 Å². The van der Waals surface area contributed by atoms with E-state index in [1.54, 1.807) is 18.6 Å². The van der Waals surface area contributed by atoms with Crippen LogP contribution >= 0.6 is 11.3 Å². The highest BCUT2D eigenvalue weighted by molar-refractivity contribution is 7.09. The fraction of sp³-hybridized carbons (Fsp3) is 0.278. The molecule has 0 aromatic carbocycles. The van der Waals surface area contributed by atoms with E-state index in [4.69, 9.17) is 4.74 Å². The molecule has 0 radical (unpaired) electrons. The molecule has 0 bridgehead atoms. The number of thiazole rings is 1. The molecule has 0 spiro atoms. The van der Waals surface area contributed by atoms with Gasteiger partial charge in [0.2, 0.25) is 5.95 Å². The average molecular weight is 382 g/mol. The SMILES string of the molecule is O=C(NCc1nccs1)c1cnc(N2CCOCC2)nc1-c1ccccn1. The molecule has 0 aliphatic carbocycles. The quantitative estimate of drug-likeness (QED) is 0.719. The third-order valence-electron chi connectivity index (χ3n) is 4.11. The van der Waals surface area contributed by atoms with Crippen molar-refractivity contribution in [3.05, 3.63) is 52.7 Å². The van der Waals surface area contributed by atoms with Crippen molar-refractivity contribution in [3.8, 4) is 11.4 Å². The molecule has 3 aromatic rings. The van der Waals surface area contributed by atoms with E-state index in [1.165, 1.54) is 11.3 Å². The number of aromatic nitrogens is 4. The van der Waals surface area contributed by atoms with Gasteiger partial charge in [-0.2, -0.15) is 0 Å². The number of carbonyl (C=O) groups excluding carboxylic acids is 1. The molecule has 4 heterocycles. The lowest BCUT2D eigenvalue weighted by molar-refractivity contribution is 0.0950. The lowest BCUT2D eigenvalue weighted by Gasteiger charge is -2.27. The standard InChI is InChI=1S/C18H18N6O2S/c25-17(21-12-15-20-5-10-27-15)13-11-22-18(24-6-8-26-9-7-24)23-16(13)14-3-1-2-4-19-14/h1-5,10-11H,6-9,12H2,(H,21,25). The number of ether oxygens (including phenoxy) is 1. The van der Waals surface area contributed by atoms with Gasteiger partial charge in [0, 0.05) is 37.1 Å². The molecular weight excluding hydrogens is 364 g/mol. The van der Waals surface area contributed by atoms with E-state index < -0.39 is 0 Å². The highest BCUT2D eigenvalue weighted by Gasteiger charge is 2.20. The van der Waals surface area contributed by atoms with Crippen molar-refractivity contribution >= 4 is 23.2 Å². The number of morpholine rings is 1. The van der Waals surface area contributed by atoms with Crippen molar-refractivity contribution in [3.63, 3.8) is 0 Å². The van der Waals surface area contributed by atoms with Crippen LogP contribution in [0.15, 0.2) is 42.2 Å². The summed E-state index contributed by atoms with van der Waals surface area (Å²) in [6, 6.07) is 5.54. The summed E-state index contributed by atoms with van der Waals surface area (Å²) >= 11 is 1.49. The first kappa shape index (κ1) is 17.5. The number of hydrogen-bond donors (Lipinski definition) is 1. The van der Waals surface area contributed by atoms with Crippen LogP contribution in [0.3, 0.4) is 0 Å². The molecule has 27 heavy (non-hydrogen) atoms. The van der Waals surface area contributed by atoms with E-state index in [0.29, 0.717) is 42.7 Å². The zero-order chi connectivity index (χ0) is 18.5. The molecule has 1 amide bonds. The van der Waals surface area contributed by atoms with Crippen molar-refractivity contribution in [2.75, 3.05) is 31.2 Å². The predicted molar refractivity (Wildman–Crippen MR) is 102 cm³/mol. The van der Waals surface area contributed by atoms with Gasteiger partial charge >= 0.3 is 0 Å². The van der Waals surface area contributed by atoms with Crippen LogP contribution in [-0.4, -0.2) is 52.1 Å². The molecule has 0 saturated carbocycles. The molecule has 4 rings (SSSR count). The van der Waals surface area contributed by atoms with Crippen molar-refractivity contribution in [2.24, 2.45) is 0 Å². The molecule has 0 atom stereocenters. The Balaban J connectivity index is 1.64. The third-order valence-corrected chi connectivity index (χ3v) is 4.89. The molecule has 8 nitrogen and oxygen atoms in total. The fourth-order valence-corrected chi connectivity index (χ4v) is 3.30. The van der Waals surface area contributed by atoms with E-state index in [0.717, 1.165) is 18.1 Å². The first-order valence-electron chi connectivity index (χ1n) is 8.59. The predicted octanol–water partition coefficient (Wildman–Crippen LogP) is 1.76. The molecule has 1 aliphatic rings. The fourth-order valence-electron chi connectivity index (χ4n) is 2.74. The summed E-state index contributed by atoms with van der Waals surface area (Å²) < 4.78 is 5.39. The maximum absolute atomic E-state index is 12.7. The van der Waals surface area contributed by atoms with Gasteiger partial charge in [0.25, 0.3) is 5.91 Å². The molecule has 138 valence electrons. The summed E-state index contributed by atoms with van der Waals surface area (Å²) in [5.41, 5.74) is 1.54. The van der Waals surface area contributed by atoms with Crippen LogP contribution in [0.1, 0.15) is 15.4 Å². The van der Waals surface area contributed by atoms with E-state index in [-0.39, 0.29) is 5.91 Å². The Morgan fingerprint density at radius 1 is 1.19 bits per heavy atom. The van der Waals surface area contributed by atoms with Crippen molar-refractivity contribution in [2.45, 2.75) is 6.54 Å². The molecule has 1 aliphatic heterocycles. The van der Waals surface area contributed by atoms with Gasteiger partial charge in [0.05, 0.1) is 31.0 Å².